The third kappa shape index (κ3) is 1.36. The predicted octanol–water partition coefficient (Wildman–Crippen LogP) is -0.827. The molecule has 3 heterocycles. The first-order valence-corrected chi connectivity index (χ1v) is 5.24. The Hall–Kier alpha value is -2.19. The van der Waals surface area contributed by atoms with Gasteiger partial charge in [-0.05, 0) is 0 Å². The van der Waals surface area contributed by atoms with Crippen molar-refractivity contribution >= 4 is 17.0 Å². The van der Waals surface area contributed by atoms with Crippen LogP contribution in [0.15, 0.2) is 25.0 Å². The van der Waals surface area contributed by atoms with E-state index in [0.29, 0.717) is 11.2 Å². The molecule has 94 valence electrons. The van der Waals surface area contributed by atoms with Crippen LogP contribution in [0, 0.1) is 0 Å². The van der Waals surface area contributed by atoms with E-state index >= 15 is 0 Å². The molecule has 1 saturated heterocycles. The first kappa shape index (κ1) is 10.9. The molecule has 0 aliphatic carbocycles. The van der Waals surface area contributed by atoms with Crippen molar-refractivity contribution in [3.63, 3.8) is 0 Å². The first-order chi connectivity index (χ1) is 8.59. The van der Waals surface area contributed by atoms with Gasteiger partial charge in [-0.15, -0.1) is 0 Å². The zero-order valence-corrected chi connectivity index (χ0v) is 9.26. The van der Waals surface area contributed by atoms with E-state index in [2.05, 4.69) is 21.5 Å². The molecule has 2 aromatic heterocycles. The van der Waals surface area contributed by atoms with Crippen LogP contribution in [0.25, 0.3) is 11.2 Å². The van der Waals surface area contributed by atoms with Crippen LogP contribution >= 0.6 is 0 Å². The van der Waals surface area contributed by atoms with Gasteiger partial charge in [0.15, 0.2) is 11.5 Å². The summed E-state index contributed by atoms with van der Waals surface area (Å²) in [7, 11) is 0. The predicted molar refractivity (Wildman–Crippen MR) is 61.0 cm³/mol. The number of aliphatic hydroxyl groups is 2. The summed E-state index contributed by atoms with van der Waals surface area (Å²) in [5.74, 6) is 0.349. The Morgan fingerprint density at radius 3 is 2.78 bits per heavy atom. The highest BCUT2D eigenvalue weighted by Gasteiger charge is 2.40. The average molecular weight is 249 g/mol. The largest absolute Gasteiger partial charge is 0.469 e. The summed E-state index contributed by atoms with van der Waals surface area (Å²) >= 11 is 0. The maximum atomic E-state index is 9.87. The molecular formula is C10H11N5O3. The molecule has 0 radical (unpaired) electrons. The maximum absolute atomic E-state index is 9.87. The van der Waals surface area contributed by atoms with Gasteiger partial charge in [0.05, 0.1) is 0 Å². The number of fused-ring (bicyclic) bond motifs is 1. The number of nitrogen functional groups attached to an aromatic ring is 1. The molecule has 4 N–H and O–H groups in total. The third-order valence-electron chi connectivity index (χ3n) is 2.88. The van der Waals surface area contributed by atoms with Crippen molar-refractivity contribution in [3.05, 3.63) is 25.0 Å². The Bertz CT molecular complexity index is 625. The molecule has 0 spiro atoms. The smallest absolute Gasteiger partial charge is 0.207 e. The fourth-order valence-corrected chi connectivity index (χ4v) is 1.92. The molecule has 0 saturated carbocycles. The molecule has 1 fully saturated rings. The number of ether oxygens (including phenoxy) is 1. The standard InChI is InChI=1S/C10H11N5O3/c1-4-6(16)7(17)10(18-4)15-3-14-5-8(11)12-2-13-9(5)15/h2-3,6-7,10,16-17H,1H2,(H2,11,12,13)/t6-,7-,10?/m1/s1. The molecule has 0 aromatic carbocycles. The topological polar surface area (TPSA) is 119 Å². The maximum Gasteiger partial charge on any atom is 0.207 e. The normalized spacial score (nSPS) is 27.7. The van der Waals surface area contributed by atoms with Crippen LogP contribution in [-0.2, 0) is 4.74 Å². The summed E-state index contributed by atoms with van der Waals surface area (Å²) in [5.41, 5.74) is 6.50. The number of imidazole rings is 1. The highest BCUT2D eigenvalue weighted by Crippen LogP contribution is 2.32. The molecule has 8 heteroatoms. The van der Waals surface area contributed by atoms with Crippen molar-refractivity contribution in [2.45, 2.75) is 18.4 Å². The van der Waals surface area contributed by atoms with Crippen molar-refractivity contribution in [2.24, 2.45) is 0 Å². The lowest BCUT2D eigenvalue weighted by Crippen LogP contribution is -2.27. The minimum absolute atomic E-state index is 0.108. The van der Waals surface area contributed by atoms with Crippen LogP contribution < -0.4 is 5.73 Å². The molecule has 3 atom stereocenters. The second-order valence-electron chi connectivity index (χ2n) is 3.99. The van der Waals surface area contributed by atoms with Crippen LogP contribution in [0.1, 0.15) is 6.23 Å². The molecular weight excluding hydrogens is 238 g/mol. The summed E-state index contributed by atoms with van der Waals surface area (Å²) in [6.45, 7) is 3.52. The summed E-state index contributed by atoms with van der Waals surface area (Å²) < 4.78 is 6.79. The molecule has 1 unspecified atom stereocenters. The van der Waals surface area contributed by atoms with E-state index in [1.807, 2.05) is 0 Å². The average Bonchev–Trinajstić information content (AvgIpc) is 2.88. The number of rotatable bonds is 1. The monoisotopic (exact) mass is 249 g/mol. The molecule has 3 rings (SSSR count). The van der Waals surface area contributed by atoms with Gasteiger partial charge in [0.1, 0.15) is 36.1 Å². The number of anilines is 1. The van der Waals surface area contributed by atoms with E-state index < -0.39 is 18.4 Å². The van der Waals surface area contributed by atoms with Crippen molar-refractivity contribution in [2.75, 3.05) is 5.73 Å². The highest BCUT2D eigenvalue weighted by atomic mass is 16.5. The Morgan fingerprint density at radius 2 is 2.11 bits per heavy atom. The second kappa shape index (κ2) is 3.65. The van der Waals surface area contributed by atoms with E-state index in [1.165, 1.54) is 17.2 Å². The summed E-state index contributed by atoms with van der Waals surface area (Å²) in [6, 6.07) is 0. The molecule has 18 heavy (non-hydrogen) atoms. The first-order valence-electron chi connectivity index (χ1n) is 5.24. The number of hydrogen-bond acceptors (Lipinski definition) is 7. The van der Waals surface area contributed by atoms with Gasteiger partial charge >= 0.3 is 0 Å². The molecule has 0 amide bonds. The van der Waals surface area contributed by atoms with Crippen LogP contribution in [0.5, 0.6) is 0 Å². The number of nitrogens with two attached hydrogens (primary N) is 1. The number of aliphatic hydroxyl groups excluding tert-OH is 2. The quantitative estimate of drug-likeness (QED) is 0.603. The third-order valence-corrected chi connectivity index (χ3v) is 2.88. The lowest BCUT2D eigenvalue weighted by atomic mass is 10.2. The Labute approximate surface area is 101 Å². The van der Waals surface area contributed by atoms with Crippen molar-refractivity contribution < 1.29 is 14.9 Å². The summed E-state index contributed by atoms with van der Waals surface area (Å²) in [6.07, 6.45) is -0.373. The zero-order chi connectivity index (χ0) is 12.9. The minimum atomic E-state index is -1.13. The van der Waals surface area contributed by atoms with Gasteiger partial charge in [-0.2, -0.15) is 0 Å². The van der Waals surface area contributed by atoms with Crippen molar-refractivity contribution in [3.8, 4) is 0 Å². The summed E-state index contributed by atoms with van der Waals surface area (Å²) in [4.78, 5) is 11.9. The van der Waals surface area contributed by atoms with E-state index in [-0.39, 0.29) is 11.6 Å². The van der Waals surface area contributed by atoms with E-state index in [1.54, 1.807) is 0 Å². The summed E-state index contributed by atoms with van der Waals surface area (Å²) in [5, 5.41) is 19.5. The molecule has 0 bridgehead atoms. The second-order valence-corrected chi connectivity index (χ2v) is 3.99. The van der Waals surface area contributed by atoms with E-state index in [4.69, 9.17) is 10.5 Å². The number of hydrogen-bond donors (Lipinski definition) is 3. The van der Waals surface area contributed by atoms with Crippen LogP contribution in [0.2, 0.25) is 0 Å². The SMILES string of the molecule is C=C1OC(n2cnc3c(N)ncnc32)[C@H](O)[C@@H]1O. The fourth-order valence-electron chi connectivity index (χ4n) is 1.92. The Balaban J connectivity index is 2.11. The van der Waals surface area contributed by atoms with Crippen molar-refractivity contribution in [1.29, 1.82) is 0 Å². The Morgan fingerprint density at radius 1 is 1.33 bits per heavy atom. The number of nitrogens with zero attached hydrogens (tertiary/aromatic N) is 4. The van der Waals surface area contributed by atoms with Gasteiger partial charge in [-0.1, -0.05) is 6.58 Å². The molecule has 2 aromatic rings. The minimum Gasteiger partial charge on any atom is -0.469 e. The lowest BCUT2D eigenvalue weighted by molar-refractivity contribution is -0.0118. The number of aromatic nitrogens is 4. The van der Waals surface area contributed by atoms with Gasteiger partial charge in [0, 0.05) is 0 Å². The van der Waals surface area contributed by atoms with Crippen LogP contribution in [0.3, 0.4) is 0 Å². The molecule has 8 nitrogen and oxygen atoms in total. The zero-order valence-electron chi connectivity index (χ0n) is 9.26. The van der Waals surface area contributed by atoms with Crippen molar-refractivity contribution in [1.82, 2.24) is 19.5 Å². The molecule has 1 aliphatic rings. The van der Waals surface area contributed by atoms with E-state index in [9.17, 15) is 10.2 Å². The van der Waals surface area contributed by atoms with Gasteiger partial charge < -0.3 is 20.7 Å². The van der Waals surface area contributed by atoms with Gasteiger partial charge in [0.2, 0.25) is 6.23 Å². The lowest BCUT2D eigenvalue weighted by Gasteiger charge is -2.15. The van der Waals surface area contributed by atoms with E-state index in [0.717, 1.165) is 0 Å². The van der Waals surface area contributed by atoms with Crippen LogP contribution in [-0.4, -0.2) is 41.9 Å². The highest BCUT2D eigenvalue weighted by molar-refractivity contribution is 5.81. The van der Waals surface area contributed by atoms with Gasteiger partial charge in [0.25, 0.3) is 0 Å². The fraction of sp³-hybridized carbons (Fsp3) is 0.300. The Kier molecular flexibility index (Phi) is 2.22. The van der Waals surface area contributed by atoms with Gasteiger partial charge in [-0.25, -0.2) is 15.0 Å². The van der Waals surface area contributed by atoms with Gasteiger partial charge in [-0.3, -0.25) is 4.57 Å². The van der Waals surface area contributed by atoms with Crippen LogP contribution in [0.4, 0.5) is 5.82 Å². The molecule has 1 aliphatic heterocycles.